The number of fused-ring (bicyclic) bond motifs is 1. The predicted octanol–water partition coefficient (Wildman–Crippen LogP) is 1.45. The zero-order valence-electron chi connectivity index (χ0n) is 20.9. The van der Waals surface area contributed by atoms with Crippen molar-refractivity contribution < 1.29 is 23.8 Å². The smallest absolute Gasteiger partial charge is 0.270 e. The molecule has 11 nitrogen and oxygen atoms in total. The van der Waals surface area contributed by atoms with Crippen molar-refractivity contribution in [3.8, 4) is 23.3 Å². The average molecular weight is 527 g/mol. The van der Waals surface area contributed by atoms with Gasteiger partial charge in [0.2, 0.25) is 5.75 Å². The fraction of sp³-hybridized carbons (Fsp3) is 0.320. The molecule has 0 aliphatic carbocycles. The Morgan fingerprint density at radius 3 is 2.62 bits per heavy atom. The third-order valence-electron chi connectivity index (χ3n) is 5.63. The highest BCUT2D eigenvalue weighted by Crippen LogP contribution is 2.39. The summed E-state index contributed by atoms with van der Waals surface area (Å²) in [6.07, 6.45) is 2.24. The molecule has 0 saturated heterocycles. The number of nitrogens with zero attached hydrogens (tertiary/aromatic N) is 2. The number of aryl methyl sites for hydroxylation is 1. The summed E-state index contributed by atoms with van der Waals surface area (Å²) in [7, 11) is 4.36. The van der Waals surface area contributed by atoms with Gasteiger partial charge in [0.05, 0.1) is 39.5 Å². The summed E-state index contributed by atoms with van der Waals surface area (Å²) >= 11 is 1.73. The molecule has 0 fully saturated rings. The molecule has 2 aromatic carbocycles. The standard InChI is InChI=1S/C25H30N6O5S/c1-34-20-7-6-17(22(35-2)23(20)36-3)24(32)29-9-10-31(28)14-18(27)25(33)30-19(13-26)16-5-4-15-8-11-37-21(15)12-16/h4-7,12,14,19H,8-11,27-28H2,1-3H3,(H,29,32)(H,30,33)/b18-14-. The van der Waals surface area contributed by atoms with Crippen molar-refractivity contribution in [1.82, 2.24) is 15.6 Å². The number of hydrogen-bond donors (Lipinski definition) is 4. The Bertz CT molecular complexity index is 1230. The zero-order chi connectivity index (χ0) is 26.9. The Hall–Kier alpha value is -4.08. The molecule has 1 aliphatic rings. The van der Waals surface area contributed by atoms with Crippen LogP contribution in [-0.2, 0) is 11.2 Å². The summed E-state index contributed by atoms with van der Waals surface area (Å²) in [5, 5.41) is 16.1. The molecular weight excluding hydrogens is 496 g/mol. The van der Waals surface area contributed by atoms with E-state index in [1.165, 1.54) is 38.1 Å². The van der Waals surface area contributed by atoms with Crippen molar-refractivity contribution in [3.05, 3.63) is 58.9 Å². The molecule has 0 spiro atoms. The van der Waals surface area contributed by atoms with Gasteiger partial charge in [-0.2, -0.15) is 5.26 Å². The van der Waals surface area contributed by atoms with Gasteiger partial charge in [-0.1, -0.05) is 12.1 Å². The second-order valence-electron chi connectivity index (χ2n) is 7.96. The van der Waals surface area contributed by atoms with Crippen molar-refractivity contribution in [3.63, 3.8) is 0 Å². The van der Waals surface area contributed by atoms with Crippen molar-refractivity contribution >= 4 is 23.6 Å². The number of methoxy groups -OCH3 is 3. The van der Waals surface area contributed by atoms with Crippen LogP contribution in [0.5, 0.6) is 17.2 Å². The summed E-state index contributed by atoms with van der Waals surface area (Å²) in [5.41, 5.74) is 7.91. The lowest BCUT2D eigenvalue weighted by atomic mass is 10.0. The number of nitrogens with one attached hydrogen (secondary N) is 2. The number of benzene rings is 2. The van der Waals surface area contributed by atoms with Crippen LogP contribution in [0.1, 0.15) is 27.5 Å². The highest BCUT2D eigenvalue weighted by molar-refractivity contribution is 7.99. The Morgan fingerprint density at radius 2 is 1.95 bits per heavy atom. The average Bonchev–Trinajstić information content (AvgIpc) is 3.38. The van der Waals surface area contributed by atoms with E-state index < -0.39 is 17.9 Å². The Labute approximate surface area is 219 Å². The minimum Gasteiger partial charge on any atom is -0.493 e. The molecule has 2 aromatic rings. The number of rotatable bonds is 11. The summed E-state index contributed by atoms with van der Waals surface area (Å²) in [5.74, 6) is 6.86. The van der Waals surface area contributed by atoms with E-state index in [1.807, 2.05) is 18.2 Å². The Kier molecular flexibility index (Phi) is 9.48. The van der Waals surface area contributed by atoms with E-state index in [4.69, 9.17) is 25.8 Å². The first-order chi connectivity index (χ1) is 17.8. The maximum absolute atomic E-state index is 12.7. The van der Waals surface area contributed by atoms with E-state index in [2.05, 4.69) is 16.7 Å². The number of carbonyl (C=O) groups is 2. The largest absolute Gasteiger partial charge is 0.493 e. The lowest BCUT2D eigenvalue weighted by Crippen LogP contribution is -2.38. The van der Waals surface area contributed by atoms with Gasteiger partial charge in [-0.25, -0.2) is 5.84 Å². The maximum atomic E-state index is 12.7. The molecule has 37 heavy (non-hydrogen) atoms. The van der Waals surface area contributed by atoms with Gasteiger partial charge in [-0.05, 0) is 35.7 Å². The van der Waals surface area contributed by atoms with Gasteiger partial charge >= 0.3 is 0 Å². The number of amides is 2. The molecule has 0 saturated carbocycles. The van der Waals surface area contributed by atoms with Crippen LogP contribution in [0.3, 0.4) is 0 Å². The molecule has 1 atom stereocenters. The highest BCUT2D eigenvalue weighted by atomic mass is 32.2. The fourth-order valence-corrected chi connectivity index (χ4v) is 4.86. The lowest BCUT2D eigenvalue weighted by Gasteiger charge is -2.18. The second kappa shape index (κ2) is 12.8. The number of nitriles is 1. The van der Waals surface area contributed by atoms with E-state index >= 15 is 0 Å². The van der Waals surface area contributed by atoms with Crippen LogP contribution in [0.4, 0.5) is 0 Å². The van der Waals surface area contributed by atoms with E-state index in [1.54, 1.807) is 23.9 Å². The monoisotopic (exact) mass is 526 g/mol. The molecule has 3 rings (SSSR count). The molecule has 12 heteroatoms. The Morgan fingerprint density at radius 1 is 1.19 bits per heavy atom. The molecule has 0 bridgehead atoms. The molecule has 1 unspecified atom stereocenters. The van der Waals surface area contributed by atoms with Crippen molar-refractivity contribution in [2.24, 2.45) is 11.6 Å². The number of hydrazine groups is 1. The SMILES string of the molecule is COc1ccc(C(=O)NCCN(N)/C=C(\N)C(=O)NC(C#N)c2ccc3c(c2)SCC3)c(OC)c1OC. The number of hydrogen-bond acceptors (Lipinski definition) is 10. The molecule has 0 radical (unpaired) electrons. The molecule has 0 aromatic heterocycles. The topological polar surface area (TPSA) is 165 Å². The normalized spacial score (nSPS) is 13.1. The molecule has 2 amide bonds. The van der Waals surface area contributed by atoms with Gasteiger partial charge in [0.25, 0.3) is 11.8 Å². The van der Waals surface area contributed by atoms with Gasteiger partial charge in [0.15, 0.2) is 11.5 Å². The maximum Gasteiger partial charge on any atom is 0.270 e. The lowest BCUT2D eigenvalue weighted by molar-refractivity contribution is -0.118. The van der Waals surface area contributed by atoms with Gasteiger partial charge in [-0.3, -0.25) is 9.59 Å². The molecular formula is C25H30N6O5S. The first-order valence-electron chi connectivity index (χ1n) is 11.3. The highest BCUT2D eigenvalue weighted by Gasteiger charge is 2.21. The number of thioether (sulfide) groups is 1. The molecule has 6 N–H and O–H groups in total. The minimum absolute atomic E-state index is 0.145. The fourth-order valence-electron chi connectivity index (χ4n) is 3.74. The first kappa shape index (κ1) is 27.5. The predicted molar refractivity (Wildman–Crippen MR) is 139 cm³/mol. The van der Waals surface area contributed by atoms with Crippen molar-refractivity contribution in [2.45, 2.75) is 17.4 Å². The van der Waals surface area contributed by atoms with Crippen LogP contribution >= 0.6 is 11.8 Å². The zero-order valence-corrected chi connectivity index (χ0v) is 21.7. The van der Waals surface area contributed by atoms with Gasteiger partial charge in [0, 0.05) is 23.4 Å². The molecule has 1 heterocycles. The summed E-state index contributed by atoms with van der Waals surface area (Å²) in [4.78, 5) is 26.4. The van der Waals surface area contributed by atoms with E-state index in [0.717, 1.165) is 17.1 Å². The van der Waals surface area contributed by atoms with Crippen LogP contribution < -0.4 is 36.4 Å². The van der Waals surface area contributed by atoms with E-state index in [-0.39, 0.29) is 30.1 Å². The van der Waals surface area contributed by atoms with Gasteiger partial charge in [0.1, 0.15) is 11.7 Å². The number of ether oxygens (including phenoxy) is 3. The van der Waals surface area contributed by atoms with Crippen molar-refractivity contribution in [1.29, 1.82) is 5.26 Å². The van der Waals surface area contributed by atoms with Crippen molar-refractivity contribution in [2.75, 3.05) is 40.2 Å². The number of nitrogens with two attached hydrogens (primary N) is 2. The third kappa shape index (κ3) is 6.58. The van der Waals surface area contributed by atoms with Crippen LogP contribution in [0.15, 0.2) is 47.1 Å². The second-order valence-corrected chi connectivity index (χ2v) is 9.10. The molecule has 1 aliphatic heterocycles. The third-order valence-corrected chi connectivity index (χ3v) is 6.73. The van der Waals surface area contributed by atoms with Crippen LogP contribution in [0.2, 0.25) is 0 Å². The number of carbonyl (C=O) groups excluding carboxylic acids is 2. The summed E-state index contributed by atoms with van der Waals surface area (Å²) < 4.78 is 15.9. The van der Waals surface area contributed by atoms with Gasteiger partial charge < -0.3 is 35.6 Å². The van der Waals surface area contributed by atoms with Crippen LogP contribution in [0.25, 0.3) is 0 Å². The summed E-state index contributed by atoms with van der Waals surface area (Å²) in [6, 6.07) is 10.1. The Balaban J connectivity index is 1.55. The van der Waals surface area contributed by atoms with E-state index in [9.17, 15) is 14.9 Å². The quantitative estimate of drug-likeness (QED) is 0.191. The van der Waals surface area contributed by atoms with Crippen LogP contribution in [-0.4, -0.2) is 57.0 Å². The summed E-state index contributed by atoms with van der Waals surface area (Å²) in [6.45, 7) is 0.297. The van der Waals surface area contributed by atoms with E-state index in [0.29, 0.717) is 17.1 Å². The van der Waals surface area contributed by atoms with Crippen LogP contribution in [0, 0.1) is 11.3 Å². The minimum atomic E-state index is -0.854. The van der Waals surface area contributed by atoms with Gasteiger partial charge in [-0.15, -0.1) is 11.8 Å². The molecule has 196 valence electrons. The first-order valence-corrected chi connectivity index (χ1v) is 12.3.